The van der Waals surface area contributed by atoms with Crippen LogP contribution in [0.2, 0.25) is 0 Å². The fraction of sp³-hybridized carbons (Fsp3) is 0.875. The fourth-order valence-corrected chi connectivity index (χ4v) is 3.65. The van der Waals surface area contributed by atoms with E-state index < -0.39 is 5.54 Å². The zero-order valence-electron chi connectivity index (χ0n) is 12.7. The van der Waals surface area contributed by atoms with Crippen LogP contribution >= 0.6 is 0 Å². The van der Waals surface area contributed by atoms with Gasteiger partial charge >= 0.3 is 0 Å². The molecule has 2 unspecified atom stereocenters. The molecule has 3 rings (SSSR count). The van der Waals surface area contributed by atoms with Crippen LogP contribution in [0.3, 0.4) is 0 Å². The largest absolute Gasteiger partial charge is 0.342 e. The number of carbonyl (C=O) groups excluding carboxylic acids is 2. The van der Waals surface area contributed by atoms with Crippen molar-refractivity contribution in [3.05, 3.63) is 0 Å². The van der Waals surface area contributed by atoms with Gasteiger partial charge in [0.25, 0.3) is 0 Å². The molecule has 0 aromatic heterocycles. The summed E-state index contributed by atoms with van der Waals surface area (Å²) in [4.78, 5) is 27.4. The van der Waals surface area contributed by atoms with Crippen LogP contribution < -0.4 is 5.32 Å². The first-order valence-electron chi connectivity index (χ1n) is 8.19. The topological polar surface area (TPSA) is 49.4 Å². The molecule has 3 fully saturated rings. The zero-order chi connectivity index (χ0) is 14.3. The molecule has 4 heteroatoms. The smallest absolute Gasteiger partial charge is 0.246 e. The molecule has 2 atom stereocenters. The van der Waals surface area contributed by atoms with Crippen molar-refractivity contribution >= 4 is 11.8 Å². The predicted molar refractivity (Wildman–Crippen MR) is 77.0 cm³/mol. The van der Waals surface area contributed by atoms with E-state index in [-0.39, 0.29) is 17.9 Å². The Morgan fingerprint density at radius 1 is 1.25 bits per heavy atom. The molecule has 4 nitrogen and oxygen atoms in total. The van der Waals surface area contributed by atoms with Gasteiger partial charge in [0, 0.05) is 6.54 Å². The normalized spacial score (nSPS) is 34.9. The van der Waals surface area contributed by atoms with Crippen LogP contribution in [0.5, 0.6) is 0 Å². The molecule has 1 saturated heterocycles. The Hall–Kier alpha value is -1.06. The number of hydrogen-bond acceptors (Lipinski definition) is 2. The van der Waals surface area contributed by atoms with Gasteiger partial charge in [-0.2, -0.15) is 0 Å². The molecule has 3 aliphatic rings. The Labute approximate surface area is 121 Å². The molecule has 2 amide bonds. The standard InChI is InChI=1S/C16H26N2O2/c1-3-5-13-14(19)18(10-11-6-4-7-11)16(2,12-8-9-12)15(20)17-13/h11-13H,3-10H2,1-2H3,(H,17,20). The van der Waals surface area contributed by atoms with Crippen molar-refractivity contribution in [2.24, 2.45) is 11.8 Å². The highest BCUT2D eigenvalue weighted by molar-refractivity contribution is 6.00. The predicted octanol–water partition coefficient (Wildman–Crippen LogP) is 2.08. The van der Waals surface area contributed by atoms with E-state index in [1.165, 1.54) is 19.3 Å². The van der Waals surface area contributed by atoms with Crippen molar-refractivity contribution in [2.45, 2.75) is 70.4 Å². The van der Waals surface area contributed by atoms with E-state index in [0.717, 1.165) is 32.2 Å². The number of carbonyl (C=O) groups is 2. The average molecular weight is 278 g/mol. The number of piperazine rings is 1. The molecule has 1 heterocycles. The van der Waals surface area contributed by atoms with E-state index >= 15 is 0 Å². The van der Waals surface area contributed by atoms with Crippen LogP contribution in [0.15, 0.2) is 0 Å². The third kappa shape index (κ3) is 2.13. The maximum absolute atomic E-state index is 12.8. The highest BCUT2D eigenvalue weighted by Crippen LogP contribution is 2.46. The van der Waals surface area contributed by atoms with Crippen molar-refractivity contribution in [2.75, 3.05) is 6.54 Å². The van der Waals surface area contributed by atoms with Crippen LogP contribution in [-0.2, 0) is 9.59 Å². The van der Waals surface area contributed by atoms with Crippen LogP contribution in [0.25, 0.3) is 0 Å². The van der Waals surface area contributed by atoms with Crippen molar-refractivity contribution in [3.63, 3.8) is 0 Å². The summed E-state index contributed by atoms with van der Waals surface area (Å²) < 4.78 is 0. The zero-order valence-corrected chi connectivity index (χ0v) is 12.7. The van der Waals surface area contributed by atoms with Crippen molar-refractivity contribution < 1.29 is 9.59 Å². The Bertz CT molecular complexity index is 415. The molecule has 112 valence electrons. The van der Waals surface area contributed by atoms with Gasteiger partial charge < -0.3 is 10.2 Å². The Kier molecular flexibility index (Phi) is 3.51. The van der Waals surface area contributed by atoms with E-state index in [2.05, 4.69) is 12.2 Å². The van der Waals surface area contributed by atoms with Gasteiger partial charge in [0.2, 0.25) is 11.8 Å². The lowest BCUT2D eigenvalue weighted by Crippen LogP contribution is -2.71. The van der Waals surface area contributed by atoms with Crippen LogP contribution in [0, 0.1) is 11.8 Å². The number of nitrogens with zero attached hydrogens (tertiary/aromatic N) is 1. The first-order valence-corrected chi connectivity index (χ1v) is 8.19. The van der Waals surface area contributed by atoms with E-state index in [0.29, 0.717) is 11.8 Å². The second kappa shape index (κ2) is 5.05. The molecular weight excluding hydrogens is 252 g/mol. The first-order chi connectivity index (χ1) is 9.57. The Balaban J connectivity index is 1.83. The Morgan fingerprint density at radius 2 is 1.95 bits per heavy atom. The first kappa shape index (κ1) is 13.9. The summed E-state index contributed by atoms with van der Waals surface area (Å²) in [6.07, 6.45) is 7.54. The molecule has 0 bridgehead atoms. The van der Waals surface area contributed by atoms with Crippen LogP contribution in [0.1, 0.15) is 58.8 Å². The van der Waals surface area contributed by atoms with Crippen molar-refractivity contribution in [1.82, 2.24) is 10.2 Å². The summed E-state index contributed by atoms with van der Waals surface area (Å²) in [6.45, 7) is 4.84. The summed E-state index contributed by atoms with van der Waals surface area (Å²) >= 11 is 0. The highest BCUT2D eigenvalue weighted by atomic mass is 16.2. The monoisotopic (exact) mass is 278 g/mol. The minimum atomic E-state index is -0.586. The molecular formula is C16H26N2O2. The summed E-state index contributed by atoms with van der Waals surface area (Å²) in [5, 5.41) is 2.99. The molecule has 1 aliphatic heterocycles. The molecule has 20 heavy (non-hydrogen) atoms. The highest BCUT2D eigenvalue weighted by Gasteiger charge is 2.57. The minimum absolute atomic E-state index is 0.0809. The van der Waals surface area contributed by atoms with Crippen LogP contribution in [-0.4, -0.2) is 34.8 Å². The molecule has 0 aromatic rings. The van der Waals surface area contributed by atoms with E-state index in [1.54, 1.807) is 0 Å². The van der Waals surface area contributed by atoms with Gasteiger partial charge in [-0.1, -0.05) is 19.8 Å². The van der Waals surface area contributed by atoms with Crippen molar-refractivity contribution in [3.8, 4) is 0 Å². The van der Waals surface area contributed by atoms with E-state index in [1.807, 2.05) is 11.8 Å². The Morgan fingerprint density at radius 3 is 2.45 bits per heavy atom. The molecule has 2 aliphatic carbocycles. The fourth-order valence-electron chi connectivity index (χ4n) is 3.65. The maximum Gasteiger partial charge on any atom is 0.246 e. The third-order valence-electron chi connectivity index (χ3n) is 5.51. The minimum Gasteiger partial charge on any atom is -0.342 e. The van der Waals surface area contributed by atoms with Gasteiger partial charge in [-0.25, -0.2) is 0 Å². The number of nitrogens with one attached hydrogen (secondary N) is 1. The summed E-state index contributed by atoms with van der Waals surface area (Å²) in [5.74, 6) is 1.23. The number of hydrogen-bond donors (Lipinski definition) is 1. The summed E-state index contributed by atoms with van der Waals surface area (Å²) in [5.41, 5.74) is -0.586. The van der Waals surface area contributed by atoms with Gasteiger partial charge in [-0.15, -0.1) is 0 Å². The quantitative estimate of drug-likeness (QED) is 0.837. The molecule has 0 aromatic carbocycles. The molecule has 1 N–H and O–H groups in total. The van der Waals surface area contributed by atoms with Gasteiger partial charge in [0.15, 0.2) is 0 Å². The van der Waals surface area contributed by atoms with Crippen molar-refractivity contribution in [1.29, 1.82) is 0 Å². The van der Waals surface area contributed by atoms with Gasteiger partial charge in [0.05, 0.1) is 0 Å². The van der Waals surface area contributed by atoms with Gasteiger partial charge in [0.1, 0.15) is 11.6 Å². The second-order valence-corrected chi connectivity index (χ2v) is 6.98. The SMILES string of the molecule is CCCC1NC(=O)C(C)(C2CC2)N(CC2CCC2)C1=O. The molecule has 2 saturated carbocycles. The van der Waals surface area contributed by atoms with E-state index in [4.69, 9.17) is 0 Å². The van der Waals surface area contributed by atoms with Crippen LogP contribution in [0.4, 0.5) is 0 Å². The molecule has 0 radical (unpaired) electrons. The second-order valence-electron chi connectivity index (χ2n) is 6.98. The number of rotatable bonds is 5. The average Bonchev–Trinajstić information content (AvgIpc) is 3.18. The maximum atomic E-state index is 12.8. The van der Waals surface area contributed by atoms with Gasteiger partial charge in [-0.05, 0) is 50.9 Å². The lowest BCUT2D eigenvalue weighted by Gasteiger charge is -2.49. The van der Waals surface area contributed by atoms with E-state index in [9.17, 15) is 9.59 Å². The lowest BCUT2D eigenvalue weighted by molar-refractivity contribution is -0.159. The molecule has 0 spiro atoms. The lowest BCUT2D eigenvalue weighted by atomic mass is 9.81. The summed E-state index contributed by atoms with van der Waals surface area (Å²) in [7, 11) is 0. The third-order valence-corrected chi connectivity index (χ3v) is 5.51. The summed E-state index contributed by atoms with van der Waals surface area (Å²) in [6, 6.07) is -0.292. The van der Waals surface area contributed by atoms with Gasteiger partial charge in [-0.3, -0.25) is 9.59 Å². The number of amides is 2.